The highest BCUT2D eigenvalue weighted by Crippen LogP contribution is 2.27. The molecule has 3 heteroatoms. The van der Waals surface area contributed by atoms with Crippen LogP contribution in [0.3, 0.4) is 0 Å². The van der Waals surface area contributed by atoms with Crippen molar-refractivity contribution >= 4 is 22.6 Å². The highest BCUT2D eigenvalue weighted by molar-refractivity contribution is 14.1. The van der Waals surface area contributed by atoms with Gasteiger partial charge in [0.15, 0.2) is 0 Å². The number of hydrogen-bond donors (Lipinski definition) is 1. The van der Waals surface area contributed by atoms with Gasteiger partial charge >= 0.3 is 0 Å². The van der Waals surface area contributed by atoms with E-state index in [1.54, 1.807) is 0 Å². The second kappa shape index (κ2) is 7.42. The quantitative estimate of drug-likeness (QED) is 0.743. The van der Waals surface area contributed by atoms with Gasteiger partial charge in [0.05, 0.1) is 0 Å². The van der Waals surface area contributed by atoms with Crippen LogP contribution in [0.25, 0.3) is 0 Å². The average Bonchev–Trinajstić information content (AvgIpc) is 2.49. The van der Waals surface area contributed by atoms with Gasteiger partial charge in [-0.3, -0.25) is 4.90 Å². The highest BCUT2D eigenvalue weighted by atomic mass is 127. The number of piperazine rings is 1. The first-order valence-corrected chi connectivity index (χ1v) is 9.31. The van der Waals surface area contributed by atoms with Gasteiger partial charge in [-0.1, -0.05) is 39.8 Å². The van der Waals surface area contributed by atoms with Crippen LogP contribution in [-0.4, -0.2) is 29.6 Å². The number of rotatable bonds is 5. The first-order valence-electron chi connectivity index (χ1n) is 8.23. The molecular formula is C18H29IN2. The third-order valence-corrected chi connectivity index (χ3v) is 5.80. The van der Waals surface area contributed by atoms with Crippen molar-refractivity contribution in [2.24, 2.45) is 5.92 Å². The molecule has 0 radical (unpaired) electrons. The van der Waals surface area contributed by atoms with E-state index in [9.17, 15) is 0 Å². The fraction of sp³-hybridized carbons (Fsp3) is 0.667. The van der Waals surface area contributed by atoms with Gasteiger partial charge in [0.25, 0.3) is 0 Å². The number of halogens is 1. The van der Waals surface area contributed by atoms with Crippen LogP contribution in [0.2, 0.25) is 0 Å². The molecular weight excluding hydrogens is 371 g/mol. The Balaban J connectivity index is 2.15. The van der Waals surface area contributed by atoms with E-state index in [0.29, 0.717) is 17.5 Å². The Morgan fingerprint density at radius 1 is 1.24 bits per heavy atom. The number of nitrogens with zero attached hydrogens (tertiary/aromatic N) is 1. The summed E-state index contributed by atoms with van der Waals surface area (Å²) in [6.07, 6.45) is 2.41. The van der Waals surface area contributed by atoms with Crippen LogP contribution in [0, 0.1) is 9.49 Å². The van der Waals surface area contributed by atoms with Crippen molar-refractivity contribution in [3.63, 3.8) is 0 Å². The minimum absolute atomic E-state index is 0.300. The summed E-state index contributed by atoms with van der Waals surface area (Å²) in [6.45, 7) is 12.7. The van der Waals surface area contributed by atoms with Crippen molar-refractivity contribution in [2.75, 3.05) is 13.1 Å². The molecule has 1 aromatic rings. The van der Waals surface area contributed by atoms with Crippen molar-refractivity contribution in [2.45, 2.75) is 58.7 Å². The summed E-state index contributed by atoms with van der Waals surface area (Å²) in [5.41, 5.74) is 1.73. The largest absolute Gasteiger partial charge is 0.308 e. The van der Waals surface area contributed by atoms with Crippen molar-refractivity contribution < 1.29 is 0 Å². The predicted molar refractivity (Wildman–Crippen MR) is 99.5 cm³/mol. The molecule has 1 N–H and O–H groups in total. The van der Waals surface area contributed by atoms with Gasteiger partial charge in [0, 0.05) is 34.8 Å². The van der Waals surface area contributed by atoms with Gasteiger partial charge in [-0.15, -0.1) is 0 Å². The maximum atomic E-state index is 3.85. The molecule has 118 valence electrons. The van der Waals surface area contributed by atoms with Crippen molar-refractivity contribution in [3.8, 4) is 0 Å². The molecule has 1 heterocycles. The zero-order valence-electron chi connectivity index (χ0n) is 13.8. The van der Waals surface area contributed by atoms with Crippen LogP contribution in [-0.2, 0) is 6.54 Å². The van der Waals surface area contributed by atoms with Gasteiger partial charge in [0.2, 0.25) is 0 Å². The molecule has 2 nitrogen and oxygen atoms in total. The Hall–Kier alpha value is -0.130. The fourth-order valence-corrected chi connectivity index (χ4v) is 3.75. The van der Waals surface area contributed by atoms with Crippen LogP contribution < -0.4 is 5.32 Å². The van der Waals surface area contributed by atoms with Crippen LogP contribution in [0.15, 0.2) is 24.3 Å². The lowest BCUT2D eigenvalue weighted by Gasteiger charge is -2.49. The number of benzene rings is 1. The van der Waals surface area contributed by atoms with Crippen LogP contribution >= 0.6 is 22.6 Å². The molecule has 2 rings (SSSR count). The molecule has 1 aliphatic rings. The molecule has 0 aromatic heterocycles. The number of hydrogen-bond acceptors (Lipinski definition) is 2. The van der Waals surface area contributed by atoms with Gasteiger partial charge in [-0.2, -0.15) is 0 Å². The SMILES string of the molecule is CCC1(CC)CN(Cc2ccc(I)cc2)C(C(C)C)CN1. The second-order valence-electron chi connectivity index (χ2n) is 6.71. The molecule has 1 unspecified atom stereocenters. The normalized spacial score (nSPS) is 22.7. The van der Waals surface area contributed by atoms with Crippen LogP contribution in [0.5, 0.6) is 0 Å². The molecule has 1 aromatic carbocycles. The molecule has 0 spiro atoms. The van der Waals surface area contributed by atoms with Crippen LogP contribution in [0.1, 0.15) is 46.1 Å². The highest BCUT2D eigenvalue weighted by Gasteiger charge is 2.37. The molecule has 0 saturated carbocycles. The van der Waals surface area contributed by atoms with E-state index in [1.807, 2.05) is 0 Å². The standard InChI is InChI=1S/C18H29IN2/c1-5-18(6-2)13-21(17(11-20-18)14(3)4)12-15-7-9-16(19)10-8-15/h7-10,14,17,20H,5-6,11-13H2,1-4H3. The summed E-state index contributed by atoms with van der Waals surface area (Å²) in [7, 11) is 0. The lowest BCUT2D eigenvalue weighted by Crippen LogP contribution is -2.64. The maximum Gasteiger partial charge on any atom is 0.0304 e. The Labute approximate surface area is 143 Å². The lowest BCUT2D eigenvalue weighted by molar-refractivity contribution is 0.0443. The van der Waals surface area contributed by atoms with E-state index < -0.39 is 0 Å². The van der Waals surface area contributed by atoms with E-state index in [4.69, 9.17) is 0 Å². The molecule has 1 aliphatic heterocycles. The monoisotopic (exact) mass is 400 g/mol. The van der Waals surface area contributed by atoms with E-state index in [0.717, 1.165) is 19.6 Å². The van der Waals surface area contributed by atoms with Crippen molar-refractivity contribution in [3.05, 3.63) is 33.4 Å². The molecule has 1 atom stereocenters. The van der Waals surface area contributed by atoms with Crippen molar-refractivity contribution in [1.82, 2.24) is 10.2 Å². The number of nitrogens with one attached hydrogen (secondary N) is 1. The summed E-state index contributed by atoms with van der Waals surface area (Å²) >= 11 is 2.38. The van der Waals surface area contributed by atoms with Gasteiger partial charge in [0.1, 0.15) is 0 Å². The zero-order valence-corrected chi connectivity index (χ0v) is 16.0. The predicted octanol–water partition coefficient (Wildman–Crippen LogP) is 4.28. The first kappa shape index (κ1) is 17.2. The first-order chi connectivity index (χ1) is 9.99. The molecule has 0 aliphatic carbocycles. The smallest absolute Gasteiger partial charge is 0.0304 e. The van der Waals surface area contributed by atoms with E-state index >= 15 is 0 Å². The van der Waals surface area contributed by atoms with Crippen LogP contribution in [0.4, 0.5) is 0 Å². The summed E-state index contributed by atoms with van der Waals surface area (Å²) in [4.78, 5) is 2.70. The fourth-order valence-electron chi connectivity index (χ4n) is 3.39. The minimum atomic E-state index is 0.300. The van der Waals surface area contributed by atoms with E-state index in [1.165, 1.54) is 22.0 Å². The summed E-state index contributed by atoms with van der Waals surface area (Å²) in [6, 6.07) is 9.63. The average molecular weight is 400 g/mol. The summed E-state index contributed by atoms with van der Waals surface area (Å²) in [5, 5.41) is 3.85. The Bertz CT molecular complexity index is 437. The Morgan fingerprint density at radius 2 is 1.86 bits per heavy atom. The van der Waals surface area contributed by atoms with E-state index in [-0.39, 0.29) is 0 Å². The molecule has 0 amide bonds. The molecule has 0 bridgehead atoms. The third-order valence-electron chi connectivity index (χ3n) is 5.08. The Morgan fingerprint density at radius 3 is 2.38 bits per heavy atom. The van der Waals surface area contributed by atoms with Gasteiger partial charge in [-0.05, 0) is 59.0 Å². The molecule has 21 heavy (non-hydrogen) atoms. The van der Waals surface area contributed by atoms with Crippen molar-refractivity contribution in [1.29, 1.82) is 0 Å². The lowest BCUT2D eigenvalue weighted by atomic mass is 9.86. The zero-order chi connectivity index (χ0) is 15.5. The van der Waals surface area contributed by atoms with Gasteiger partial charge in [-0.25, -0.2) is 0 Å². The topological polar surface area (TPSA) is 15.3 Å². The second-order valence-corrected chi connectivity index (χ2v) is 7.96. The van der Waals surface area contributed by atoms with Gasteiger partial charge < -0.3 is 5.32 Å². The third kappa shape index (κ3) is 4.20. The summed E-state index contributed by atoms with van der Waals surface area (Å²) in [5.74, 6) is 0.688. The molecule has 1 saturated heterocycles. The molecule has 1 fully saturated rings. The Kier molecular flexibility index (Phi) is 6.09. The maximum absolute atomic E-state index is 3.85. The summed E-state index contributed by atoms with van der Waals surface area (Å²) < 4.78 is 1.31. The van der Waals surface area contributed by atoms with E-state index in [2.05, 4.69) is 84.8 Å². The minimum Gasteiger partial charge on any atom is -0.308 e.